The van der Waals surface area contributed by atoms with Crippen LogP contribution in [0, 0.1) is 11.8 Å². The molecular formula is C31H45N3O5. The molecule has 0 N–H and O–H groups in total. The fourth-order valence-corrected chi connectivity index (χ4v) is 5.72. The number of esters is 1. The SMILES string of the molecule is COC[C@H]1C[C@@](CC(C)C)(C(=O)OC(C)(C)C)N(C(=O)c2ccc(C(C)(C)C)c(OC)c2)[C@H]1c1cnccn1. The van der Waals surface area contributed by atoms with Gasteiger partial charge in [-0.15, -0.1) is 0 Å². The molecule has 214 valence electrons. The Hall–Kier alpha value is -3.00. The van der Waals surface area contributed by atoms with E-state index in [0.717, 1.165) is 5.56 Å². The summed E-state index contributed by atoms with van der Waals surface area (Å²) in [6, 6.07) is 4.99. The van der Waals surface area contributed by atoms with Crippen LogP contribution in [0.3, 0.4) is 0 Å². The normalized spacial score (nSPS) is 21.8. The van der Waals surface area contributed by atoms with Crippen molar-refractivity contribution >= 4 is 11.9 Å². The first-order chi connectivity index (χ1) is 18.1. The molecular weight excluding hydrogens is 494 g/mol. The van der Waals surface area contributed by atoms with Gasteiger partial charge in [-0.25, -0.2) is 4.79 Å². The molecule has 1 fully saturated rings. The molecule has 3 atom stereocenters. The Morgan fingerprint density at radius 1 is 1.10 bits per heavy atom. The fraction of sp³-hybridized carbons (Fsp3) is 0.613. The Bertz CT molecular complexity index is 1150. The Morgan fingerprint density at radius 2 is 1.79 bits per heavy atom. The van der Waals surface area contributed by atoms with Gasteiger partial charge < -0.3 is 19.1 Å². The summed E-state index contributed by atoms with van der Waals surface area (Å²) in [4.78, 5) is 39.4. The van der Waals surface area contributed by atoms with Gasteiger partial charge in [-0.1, -0.05) is 40.7 Å². The number of methoxy groups -OCH3 is 2. The maximum atomic E-state index is 14.7. The molecule has 0 bridgehead atoms. The van der Waals surface area contributed by atoms with Crippen LogP contribution in [0.1, 0.15) is 95.9 Å². The molecule has 1 aliphatic heterocycles. The van der Waals surface area contributed by atoms with Crippen LogP contribution in [0.5, 0.6) is 5.75 Å². The van der Waals surface area contributed by atoms with E-state index in [4.69, 9.17) is 14.2 Å². The van der Waals surface area contributed by atoms with Crippen molar-refractivity contribution in [1.82, 2.24) is 14.9 Å². The van der Waals surface area contributed by atoms with Gasteiger partial charge in [0.25, 0.3) is 5.91 Å². The average molecular weight is 540 g/mol. The second kappa shape index (κ2) is 11.6. The van der Waals surface area contributed by atoms with Gasteiger partial charge in [0.2, 0.25) is 0 Å². The number of carbonyl (C=O) groups is 2. The summed E-state index contributed by atoms with van der Waals surface area (Å²) < 4.78 is 17.4. The van der Waals surface area contributed by atoms with Crippen LogP contribution in [0.15, 0.2) is 36.8 Å². The van der Waals surface area contributed by atoms with E-state index in [9.17, 15) is 9.59 Å². The lowest BCUT2D eigenvalue weighted by molar-refractivity contribution is -0.168. The fourth-order valence-electron chi connectivity index (χ4n) is 5.72. The molecule has 8 nitrogen and oxygen atoms in total. The zero-order valence-corrected chi connectivity index (χ0v) is 25.2. The van der Waals surface area contributed by atoms with Crippen molar-refractivity contribution in [2.75, 3.05) is 20.8 Å². The summed E-state index contributed by atoms with van der Waals surface area (Å²) in [6.07, 6.45) is 5.69. The number of ether oxygens (including phenoxy) is 3. The standard InChI is InChI=1S/C31H45N3O5/c1-20(2)16-31(28(36)39-30(6,7)8)17-22(19-37-9)26(24-18-32-13-14-33-24)34(31)27(35)21-11-12-23(29(3,4)5)25(15-21)38-10/h11-15,18,20,22,26H,16-17,19H2,1-10H3/t22-,26-,31+/m1/s1. The minimum Gasteiger partial charge on any atom is -0.496 e. The van der Waals surface area contributed by atoms with Crippen molar-refractivity contribution in [2.24, 2.45) is 11.8 Å². The molecule has 8 heteroatoms. The van der Waals surface area contributed by atoms with Crippen LogP contribution >= 0.6 is 0 Å². The van der Waals surface area contributed by atoms with Crippen LogP contribution < -0.4 is 4.74 Å². The first kappa shape index (κ1) is 30.5. The van der Waals surface area contributed by atoms with Crippen LogP contribution in [-0.4, -0.2) is 58.7 Å². The number of nitrogens with zero attached hydrogens (tertiary/aromatic N) is 3. The molecule has 1 saturated heterocycles. The predicted molar refractivity (Wildman–Crippen MR) is 151 cm³/mol. The van der Waals surface area contributed by atoms with Crippen LogP contribution in [0.2, 0.25) is 0 Å². The summed E-state index contributed by atoms with van der Waals surface area (Å²) in [5, 5.41) is 0. The summed E-state index contributed by atoms with van der Waals surface area (Å²) in [6.45, 7) is 16.3. The highest BCUT2D eigenvalue weighted by Crippen LogP contribution is 2.51. The van der Waals surface area contributed by atoms with Crippen molar-refractivity contribution in [1.29, 1.82) is 0 Å². The molecule has 0 radical (unpaired) electrons. The van der Waals surface area contributed by atoms with Crippen molar-refractivity contribution < 1.29 is 23.8 Å². The summed E-state index contributed by atoms with van der Waals surface area (Å²) in [7, 11) is 3.24. The van der Waals surface area contributed by atoms with Gasteiger partial charge in [0.1, 0.15) is 16.9 Å². The molecule has 1 aliphatic rings. The lowest BCUT2D eigenvalue weighted by Gasteiger charge is -2.41. The number of likely N-dealkylation sites (tertiary alicyclic amines) is 1. The first-order valence-corrected chi connectivity index (χ1v) is 13.6. The maximum absolute atomic E-state index is 14.7. The van der Waals surface area contributed by atoms with E-state index < -0.39 is 23.2 Å². The quantitative estimate of drug-likeness (QED) is 0.394. The maximum Gasteiger partial charge on any atom is 0.332 e. The third-order valence-corrected chi connectivity index (χ3v) is 7.05. The van der Waals surface area contributed by atoms with E-state index in [1.165, 1.54) is 0 Å². The Balaban J connectivity index is 2.28. The van der Waals surface area contributed by atoms with Gasteiger partial charge in [-0.2, -0.15) is 0 Å². The minimum absolute atomic E-state index is 0.106. The van der Waals surface area contributed by atoms with E-state index in [0.29, 0.717) is 36.5 Å². The average Bonchev–Trinajstić information content (AvgIpc) is 3.16. The van der Waals surface area contributed by atoms with Gasteiger partial charge in [0.15, 0.2) is 0 Å². The Kier molecular flexibility index (Phi) is 9.10. The van der Waals surface area contributed by atoms with Crippen molar-refractivity contribution in [2.45, 2.75) is 90.8 Å². The third-order valence-electron chi connectivity index (χ3n) is 7.05. The second-order valence-electron chi connectivity index (χ2n) is 13.0. The van der Waals surface area contributed by atoms with Crippen LogP contribution in [-0.2, 0) is 19.7 Å². The van der Waals surface area contributed by atoms with E-state index in [1.54, 1.807) is 43.8 Å². The number of amides is 1. The van der Waals surface area contributed by atoms with Crippen molar-refractivity contribution in [3.8, 4) is 5.75 Å². The number of benzene rings is 1. The molecule has 0 unspecified atom stereocenters. The number of rotatable bonds is 8. The van der Waals surface area contributed by atoms with E-state index in [-0.39, 0.29) is 23.2 Å². The van der Waals surface area contributed by atoms with Gasteiger partial charge >= 0.3 is 5.97 Å². The zero-order valence-electron chi connectivity index (χ0n) is 25.2. The van der Waals surface area contributed by atoms with E-state index >= 15 is 0 Å². The number of carbonyl (C=O) groups excluding carboxylic acids is 2. The molecule has 2 aromatic rings. The monoisotopic (exact) mass is 539 g/mol. The highest BCUT2D eigenvalue weighted by atomic mass is 16.6. The molecule has 0 saturated carbocycles. The van der Waals surface area contributed by atoms with Gasteiger partial charge in [-0.3, -0.25) is 14.8 Å². The smallest absolute Gasteiger partial charge is 0.332 e. The van der Waals surface area contributed by atoms with Crippen molar-refractivity contribution in [3.05, 3.63) is 53.6 Å². The number of hydrogen-bond donors (Lipinski definition) is 0. The number of hydrogen-bond acceptors (Lipinski definition) is 7. The molecule has 0 aliphatic carbocycles. The minimum atomic E-state index is -1.22. The van der Waals surface area contributed by atoms with Gasteiger partial charge in [-0.05, 0) is 62.6 Å². The molecule has 1 aromatic carbocycles. The van der Waals surface area contributed by atoms with E-state index in [1.807, 2.05) is 32.9 Å². The van der Waals surface area contributed by atoms with Gasteiger partial charge in [0.05, 0.1) is 31.6 Å². The Morgan fingerprint density at radius 3 is 2.31 bits per heavy atom. The highest BCUT2D eigenvalue weighted by molar-refractivity contribution is 5.99. The molecule has 3 rings (SSSR count). The van der Waals surface area contributed by atoms with E-state index in [2.05, 4.69) is 44.6 Å². The summed E-state index contributed by atoms with van der Waals surface area (Å²) in [5.41, 5.74) is -0.0890. The molecule has 39 heavy (non-hydrogen) atoms. The predicted octanol–water partition coefficient (Wildman–Crippen LogP) is 5.76. The topological polar surface area (TPSA) is 90.9 Å². The van der Waals surface area contributed by atoms with Crippen LogP contribution in [0.25, 0.3) is 0 Å². The third kappa shape index (κ3) is 6.60. The second-order valence-corrected chi connectivity index (χ2v) is 13.0. The molecule has 1 amide bonds. The lowest BCUT2D eigenvalue weighted by Crippen LogP contribution is -2.56. The summed E-state index contributed by atoms with van der Waals surface area (Å²) in [5.74, 6) is -0.159. The summed E-state index contributed by atoms with van der Waals surface area (Å²) >= 11 is 0. The first-order valence-electron chi connectivity index (χ1n) is 13.6. The molecule has 0 spiro atoms. The molecule has 1 aromatic heterocycles. The van der Waals surface area contributed by atoms with Crippen LogP contribution in [0.4, 0.5) is 0 Å². The molecule has 2 heterocycles. The largest absolute Gasteiger partial charge is 0.496 e. The van der Waals surface area contributed by atoms with Gasteiger partial charge in [0, 0.05) is 31.0 Å². The zero-order chi connectivity index (χ0) is 29.2. The Labute approximate surface area is 233 Å². The lowest BCUT2D eigenvalue weighted by atomic mass is 9.83. The number of aromatic nitrogens is 2. The highest BCUT2D eigenvalue weighted by Gasteiger charge is 2.60. The van der Waals surface area contributed by atoms with Crippen molar-refractivity contribution in [3.63, 3.8) is 0 Å².